The number of aryl methyl sites for hydroxylation is 1. The van der Waals surface area contributed by atoms with Crippen molar-refractivity contribution in [1.82, 2.24) is 0 Å². The Hall–Kier alpha value is -1.71. The first kappa shape index (κ1) is 14.7. The molecule has 0 saturated carbocycles. The van der Waals surface area contributed by atoms with E-state index in [1.165, 1.54) is 6.07 Å². The zero-order valence-corrected chi connectivity index (χ0v) is 12.6. The van der Waals surface area contributed by atoms with Gasteiger partial charge in [0.25, 0.3) is 5.91 Å². The highest BCUT2D eigenvalue weighted by atomic mass is 35.5. The molecule has 0 bridgehead atoms. The second-order valence-electron chi connectivity index (χ2n) is 4.55. The topological polar surface area (TPSA) is 55.1 Å². The number of carbonyl (C=O) groups is 1. The Kier molecular flexibility index (Phi) is 4.21. The van der Waals surface area contributed by atoms with E-state index in [4.69, 9.17) is 28.9 Å². The standard InChI is InChI=1S/C15H14Cl2N2O/c1-8-3-6-13(18)14(9(8)2)19-15(20)11-7-10(16)4-5-12(11)17/h3-7H,18H2,1-2H3,(H,19,20). The fourth-order valence-electron chi connectivity index (χ4n) is 1.86. The van der Waals surface area contributed by atoms with Crippen LogP contribution in [0.5, 0.6) is 0 Å². The van der Waals surface area contributed by atoms with Crippen LogP contribution in [-0.4, -0.2) is 5.91 Å². The minimum atomic E-state index is -0.335. The third-order valence-electron chi connectivity index (χ3n) is 3.18. The lowest BCUT2D eigenvalue weighted by Gasteiger charge is -2.14. The highest BCUT2D eigenvalue weighted by molar-refractivity contribution is 6.36. The zero-order valence-electron chi connectivity index (χ0n) is 11.1. The van der Waals surface area contributed by atoms with Gasteiger partial charge in [-0.05, 0) is 49.2 Å². The largest absolute Gasteiger partial charge is 0.397 e. The summed E-state index contributed by atoms with van der Waals surface area (Å²) in [5.41, 5.74) is 9.32. The van der Waals surface area contributed by atoms with Crippen molar-refractivity contribution in [3.8, 4) is 0 Å². The molecule has 0 saturated heterocycles. The van der Waals surface area contributed by atoms with Crippen LogP contribution >= 0.6 is 23.2 Å². The lowest BCUT2D eigenvalue weighted by molar-refractivity contribution is 0.102. The van der Waals surface area contributed by atoms with Crippen LogP contribution in [0.2, 0.25) is 10.0 Å². The number of nitrogens with two attached hydrogens (primary N) is 1. The predicted molar refractivity (Wildman–Crippen MR) is 84.7 cm³/mol. The maximum Gasteiger partial charge on any atom is 0.257 e. The van der Waals surface area contributed by atoms with Gasteiger partial charge in [0.2, 0.25) is 0 Å². The monoisotopic (exact) mass is 308 g/mol. The molecule has 0 aromatic heterocycles. The van der Waals surface area contributed by atoms with Crippen LogP contribution in [0.25, 0.3) is 0 Å². The Morgan fingerprint density at radius 1 is 1.15 bits per heavy atom. The van der Waals surface area contributed by atoms with Gasteiger partial charge in [0.05, 0.1) is 22.0 Å². The number of carbonyl (C=O) groups excluding carboxylic acids is 1. The van der Waals surface area contributed by atoms with E-state index in [2.05, 4.69) is 5.32 Å². The Balaban J connectivity index is 2.38. The number of hydrogen-bond acceptors (Lipinski definition) is 2. The Bertz CT molecular complexity index is 684. The molecule has 104 valence electrons. The number of rotatable bonds is 2. The van der Waals surface area contributed by atoms with Crippen LogP contribution in [0.3, 0.4) is 0 Å². The molecule has 3 nitrogen and oxygen atoms in total. The average molecular weight is 309 g/mol. The maximum atomic E-state index is 12.3. The van der Waals surface area contributed by atoms with Crippen molar-refractivity contribution in [2.45, 2.75) is 13.8 Å². The zero-order chi connectivity index (χ0) is 14.9. The van der Waals surface area contributed by atoms with Crippen molar-refractivity contribution in [3.05, 3.63) is 57.1 Å². The summed E-state index contributed by atoms with van der Waals surface area (Å²) in [5, 5.41) is 3.59. The van der Waals surface area contributed by atoms with Crippen molar-refractivity contribution in [3.63, 3.8) is 0 Å². The summed E-state index contributed by atoms with van der Waals surface area (Å²) in [6.45, 7) is 3.86. The first-order valence-corrected chi connectivity index (χ1v) is 6.78. The van der Waals surface area contributed by atoms with Gasteiger partial charge in [0.1, 0.15) is 0 Å². The first-order valence-electron chi connectivity index (χ1n) is 6.02. The van der Waals surface area contributed by atoms with Gasteiger partial charge >= 0.3 is 0 Å². The first-order chi connectivity index (χ1) is 9.40. The molecule has 0 unspecified atom stereocenters. The van der Waals surface area contributed by atoms with Crippen LogP contribution < -0.4 is 11.1 Å². The molecule has 0 spiro atoms. The second-order valence-corrected chi connectivity index (χ2v) is 5.39. The van der Waals surface area contributed by atoms with E-state index in [9.17, 15) is 4.79 Å². The van der Waals surface area contributed by atoms with Crippen LogP contribution in [-0.2, 0) is 0 Å². The van der Waals surface area contributed by atoms with Crippen molar-refractivity contribution in [2.75, 3.05) is 11.1 Å². The molecule has 0 aliphatic carbocycles. The van der Waals surface area contributed by atoms with Crippen LogP contribution in [0.15, 0.2) is 30.3 Å². The summed E-state index contributed by atoms with van der Waals surface area (Å²) in [5.74, 6) is -0.335. The molecule has 0 radical (unpaired) electrons. The summed E-state index contributed by atoms with van der Waals surface area (Å²) in [7, 11) is 0. The minimum absolute atomic E-state index is 0.319. The SMILES string of the molecule is Cc1ccc(N)c(NC(=O)c2cc(Cl)ccc2Cl)c1C. The lowest BCUT2D eigenvalue weighted by Crippen LogP contribution is -2.15. The average Bonchev–Trinajstić information content (AvgIpc) is 2.41. The van der Waals surface area contributed by atoms with Gasteiger partial charge in [-0.3, -0.25) is 4.79 Å². The molecule has 5 heteroatoms. The summed E-state index contributed by atoms with van der Waals surface area (Å²) in [6.07, 6.45) is 0. The summed E-state index contributed by atoms with van der Waals surface area (Å²) in [6, 6.07) is 8.42. The van der Waals surface area contributed by atoms with Crippen molar-refractivity contribution in [2.24, 2.45) is 0 Å². The third kappa shape index (κ3) is 2.89. The van der Waals surface area contributed by atoms with Crippen LogP contribution in [0.1, 0.15) is 21.5 Å². The number of amides is 1. The van der Waals surface area contributed by atoms with E-state index in [-0.39, 0.29) is 5.91 Å². The molecule has 2 aromatic rings. The number of nitrogens with one attached hydrogen (secondary N) is 1. The minimum Gasteiger partial charge on any atom is -0.397 e. The van der Waals surface area contributed by atoms with E-state index < -0.39 is 0 Å². The molecular weight excluding hydrogens is 295 g/mol. The summed E-state index contributed by atoms with van der Waals surface area (Å²) in [4.78, 5) is 12.3. The van der Waals surface area contributed by atoms with Crippen molar-refractivity contribution in [1.29, 1.82) is 0 Å². The van der Waals surface area contributed by atoms with Crippen LogP contribution in [0, 0.1) is 13.8 Å². The van der Waals surface area contributed by atoms with E-state index in [1.807, 2.05) is 19.9 Å². The quantitative estimate of drug-likeness (QED) is 0.806. The molecule has 0 fully saturated rings. The molecule has 1 amide bonds. The van der Waals surface area contributed by atoms with Crippen LogP contribution in [0.4, 0.5) is 11.4 Å². The number of nitrogen functional groups attached to an aromatic ring is 1. The van der Waals surface area contributed by atoms with E-state index in [0.717, 1.165) is 11.1 Å². The van der Waals surface area contributed by atoms with Gasteiger partial charge in [-0.2, -0.15) is 0 Å². The smallest absolute Gasteiger partial charge is 0.257 e. The van der Waals surface area contributed by atoms with Gasteiger partial charge in [-0.15, -0.1) is 0 Å². The maximum absolute atomic E-state index is 12.3. The highest BCUT2D eigenvalue weighted by Crippen LogP contribution is 2.28. The molecule has 0 atom stereocenters. The van der Waals surface area contributed by atoms with Gasteiger partial charge in [-0.1, -0.05) is 29.3 Å². The third-order valence-corrected chi connectivity index (χ3v) is 3.74. The molecular formula is C15H14Cl2N2O. The van der Waals surface area contributed by atoms with E-state index in [0.29, 0.717) is 27.0 Å². The van der Waals surface area contributed by atoms with Gasteiger partial charge in [0, 0.05) is 5.02 Å². The van der Waals surface area contributed by atoms with Gasteiger partial charge < -0.3 is 11.1 Å². The number of benzene rings is 2. The molecule has 0 aliphatic heterocycles. The number of halogens is 2. The highest BCUT2D eigenvalue weighted by Gasteiger charge is 2.14. The molecule has 2 rings (SSSR count). The fraction of sp³-hybridized carbons (Fsp3) is 0.133. The molecule has 20 heavy (non-hydrogen) atoms. The summed E-state index contributed by atoms with van der Waals surface area (Å²) < 4.78 is 0. The molecule has 0 aliphatic rings. The predicted octanol–water partition coefficient (Wildman–Crippen LogP) is 4.44. The molecule has 0 heterocycles. The Labute approximate surface area is 127 Å². The van der Waals surface area contributed by atoms with Gasteiger partial charge in [-0.25, -0.2) is 0 Å². The van der Waals surface area contributed by atoms with Crippen molar-refractivity contribution < 1.29 is 4.79 Å². The second kappa shape index (κ2) is 5.73. The fourth-order valence-corrected chi connectivity index (χ4v) is 2.23. The summed E-state index contributed by atoms with van der Waals surface area (Å²) >= 11 is 11.9. The number of anilines is 2. The van der Waals surface area contributed by atoms with Gasteiger partial charge in [0.15, 0.2) is 0 Å². The normalized spacial score (nSPS) is 10.4. The Morgan fingerprint density at radius 3 is 2.55 bits per heavy atom. The van der Waals surface area contributed by atoms with E-state index in [1.54, 1.807) is 18.2 Å². The Morgan fingerprint density at radius 2 is 1.85 bits per heavy atom. The molecule has 2 aromatic carbocycles. The number of hydrogen-bond donors (Lipinski definition) is 2. The lowest BCUT2D eigenvalue weighted by atomic mass is 10.1. The van der Waals surface area contributed by atoms with Crippen molar-refractivity contribution >= 4 is 40.5 Å². The molecule has 3 N–H and O–H groups in total. The van der Waals surface area contributed by atoms with E-state index >= 15 is 0 Å².